The van der Waals surface area contributed by atoms with Gasteiger partial charge in [0.1, 0.15) is 11.5 Å². The summed E-state index contributed by atoms with van der Waals surface area (Å²) in [5.74, 6) is 0.242. The molecule has 0 amide bonds. The van der Waals surface area contributed by atoms with Crippen molar-refractivity contribution in [1.82, 2.24) is 9.88 Å². The molecule has 134 valence electrons. The fourth-order valence-corrected chi connectivity index (χ4v) is 3.29. The van der Waals surface area contributed by atoms with E-state index < -0.39 is 0 Å². The number of phenolic OH excluding ortho intramolecular Hbond substituents is 2. The standard InChI is InChI=1S/C20H18Cl2N2O2/c21-16-9-15(20(26)18(22)10-16)12-24(13-17-6-3-4-8-23-17)11-14-5-1-2-7-19(14)25/h1-10,25-26H,11-13H2. The molecular formula is C20H18Cl2N2O2. The van der Waals surface area contributed by atoms with Gasteiger partial charge in [0.25, 0.3) is 0 Å². The molecule has 0 saturated heterocycles. The van der Waals surface area contributed by atoms with Crippen LogP contribution in [0.25, 0.3) is 0 Å². The number of para-hydroxylation sites is 1. The molecule has 0 unspecified atom stereocenters. The zero-order chi connectivity index (χ0) is 18.5. The van der Waals surface area contributed by atoms with E-state index in [0.29, 0.717) is 30.2 Å². The molecule has 1 aromatic heterocycles. The minimum Gasteiger partial charge on any atom is -0.508 e. The Morgan fingerprint density at radius 1 is 0.846 bits per heavy atom. The highest BCUT2D eigenvalue weighted by molar-refractivity contribution is 6.35. The molecule has 26 heavy (non-hydrogen) atoms. The summed E-state index contributed by atoms with van der Waals surface area (Å²) >= 11 is 12.1. The summed E-state index contributed by atoms with van der Waals surface area (Å²) in [5, 5.41) is 21.1. The predicted octanol–water partition coefficient (Wildman–Crippen LogP) is 5.00. The van der Waals surface area contributed by atoms with E-state index >= 15 is 0 Å². The molecule has 0 spiro atoms. The third-order valence-electron chi connectivity index (χ3n) is 4.00. The second-order valence-electron chi connectivity index (χ2n) is 5.99. The number of phenols is 2. The topological polar surface area (TPSA) is 56.6 Å². The summed E-state index contributed by atoms with van der Waals surface area (Å²) in [4.78, 5) is 6.42. The smallest absolute Gasteiger partial charge is 0.138 e. The monoisotopic (exact) mass is 388 g/mol. The third-order valence-corrected chi connectivity index (χ3v) is 4.50. The van der Waals surface area contributed by atoms with Crippen LogP contribution in [-0.4, -0.2) is 20.1 Å². The average Bonchev–Trinajstić information content (AvgIpc) is 2.62. The van der Waals surface area contributed by atoms with Gasteiger partial charge < -0.3 is 10.2 Å². The van der Waals surface area contributed by atoms with Crippen molar-refractivity contribution in [3.8, 4) is 11.5 Å². The Bertz CT molecular complexity index is 888. The lowest BCUT2D eigenvalue weighted by molar-refractivity contribution is 0.238. The fraction of sp³-hybridized carbons (Fsp3) is 0.150. The van der Waals surface area contributed by atoms with Gasteiger partial charge in [0.15, 0.2) is 0 Å². The molecule has 2 aromatic carbocycles. The van der Waals surface area contributed by atoms with Gasteiger partial charge in [0, 0.05) is 42.0 Å². The molecule has 0 radical (unpaired) electrons. The van der Waals surface area contributed by atoms with E-state index in [1.807, 2.05) is 30.3 Å². The quantitative estimate of drug-likeness (QED) is 0.623. The SMILES string of the molecule is Oc1ccccc1CN(Cc1ccccn1)Cc1cc(Cl)cc(Cl)c1O. The van der Waals surface area contributed by atoms with Crippen LogP contribution in [0.3, 0.4) is 0 Å². The molecule has 0 saturated carbocycles. The summed E-state index contributed by atoms with van der Waals surface area (Å²) in [6, 6.07) is 16.1. The summed E-state index contributed by atoms with van der Waals surface area (Å²) in [7, 11) is 0. The molecule has 4 nitrogen and oxygen atoms in total. The Morgan fingerprint density at radius 2 is 1.58 bits per heavy atom. The molecule has 0 bridgehead atoms. The summed E-state index contributed by atoms with van der Waals surface area (Å²) < 4.78 is 0. The molecule has 3 aromatic rings. The van der Waals surface area contributed by atoms with Gasteiger partial charge in [-0.15, -0.1) is 0 Å². The normalized spacial score (nSPS) is 11.0. The van der Waals surface area contributed by atoms with Crippen molar-refractivity contribution in [2.75, 3.05) is 0 Å². The molecule has 0 aliphatic rings. The Labute approximate surface area is 162 Å². The van der Waals surface area contributed by atoms with Crippen molar-refractivity contribution in [2.45, 2.75) is 19.6 Å². The Hall–Kier alpha value is -2.27. The number of rotatable bonds is 6. The second kappa shape index (κ2) is 8.41. The van der Waals surface area contributed by atoms with Crippen LogP contribution in [0.4, 0.5) is 0 Å². The van der Waals surface area contributed by atoms with Gasteiger partial charge in [-0.3, -0.25) is 9.88 Å². The van der Waals surface area contributed by atoms with Crippen molar-refractivity contribution in [1.29, 1.82) is 0 Å². The molecule has 0 aliphatic carbocycles. The Kier molecular flexibility index (Phi) is 5.99. The molecular weight excluding hydrogens is 371 g/mol. The number of hydrogen-bond acceptors (Lipinski definition) is 4. The van der Waals surface area contributed by atoms with Crippen LogP contribution >= 0.6 is 23.2 Å². The second-order valence-corrected chi connectivity index (χ2v) is 6.83. The largest absolute Gasteiger partial charge is 0.508 e. The van der Waals surface area contributed by atoms with Crippen LogP contribution in [-0.2, 0) is 19.6 Å². The Morgan fingerprint density at radius 3 is 2.31 bits per heavy atom. The van der Waals surface area contributed by atoms with Gasteiger partial charge in [-0.25, -0.2) is 0 Å². The van der Waals surface area contributed by atoms with E-state index in [9.17, 15) is 10.2 Å². The molecule has 0 atom stereocenters. The van der Waals surface area contributed by atoms with Crippen LogP contribution in [0.2, 0.25) is 10.0 Å². The van der Waals surface area contributed by atoms with E-state index in [1.165, 1.54) is 6.07 Å². The number of halogens is 2. The lowest BCUT2D eigenvalue weighted by Gasteiger charge is -2.23. The van der Waals surface area contributed by atoms with Crippen LogP contribution in [0.15, 0.2) is 60.8 Å². The Balaban J connectivity index is 1.89. The molecule has 3 rings (SSSR count). The number of aromatic nitrogens is 1. The van der Waals surface area contributed by atoms with Gasteiger partial charge in [-0.2, -0.15) is 0 Å². The number of nitrogens with zero attached hydrogens (tertiary/aromatic N) is 2. The van der Waals surface area contributed by atoms with Crippen molar-refractivity contribution < 1.29 is 10.2 Å². The minimum atomic E-state index is 0.0133. The van der Waals surface area contributed by atoms with Gasteiger partial charge in [-0.1, -0.05) is 47.5 Å². The van der Waals surface area contributed by atoms with Gasteiger partial charge in [-0.05, 0) is 30.3 Å². The lowest BCUT2D eigenvalue weighted by Crippen LogP contribution is -2.23. The summed E-state index contributed by atoms with van der Waals surface area (Å²) in [5.41, 5.74) is 2.29. The van der Waals surface area contributed by atoms with E-state index in [1.54, 1.807) is 24.4 Å². The molecule has 1 heterocycles. The summed E-state index contributed by atoms with van der Waals surface area (Å²) in [6.07, 6.45) is 1.74. The maximum Gasteiger partial charge on any atom is 0.138 e. The first-order chi connectivity index (χ1) is 12.5. The van der Waals surface area contributed by atoms with E-state index in [0.717, 1.165) is 11.3 Å². The van der Waals surface area contributed by atoms with Crippen molar-refractivity contribution in [3.63, 3.8) is 0 Å². The zero-order valence-electron chi connectivity index (χ0n) is 13.9. The average molecular weight is 389 g/mol. The maximum atomic E-state index is 10.3. The van der Waals surface area contributed by atoms with Crippen molar-refractivity contribution in [2.24, 2.45) is 0 Å². The van der Waals surface area contributed by atoms with E-state index in [4.69, 9.17) is 23.2 Å². The highest BCUT2D eigenvalue weighted by Gasteiger charge is 2.15. The molecule has 6 heteroatoms. The number of pyridine rings is 1. The molecule has 2 N–H and O–H groups in total. The maximum absolute atomic E-state index is 10.3. The highest BCUT2D eigenvalue weighted by atomic mass is 35.5. The van der Waals surface area contributed by atoms with Crippen molar-refractivity contribution in [3.05, 3.63) is 87.7 Å². The van der Waals surface area contributed by atoms with Gasteiger partial charge >= 0.3 is 0 Å². The summed E-state index contributed by atoms with van der Waals surface area (Å²) in [6.45, 7) is 1.42. The number of aromatic hydroxyl groups is 2. The predicted molar refractivity (Wildman–Crippen MR) is 103 cm³/mol. The van der Waals surface area contributed by atoms with Crippen LogP contribution in [0.5, 0.6) is 11.5 Å². The lowest BCUT2D eigenvalue weighted by atomic mass is 10.1. The third kappa shape index (κ3) is 4.67. The first-order valence-corrected chi connectivity index (χ1v) is 8.84. The van der Waals surface area contributed by atoms with Crippen LogP contribution < -0.4 is 0 Å². The fourth-order valence-electron chi connectivity index (χ4n) is 2.75. The van der Waals surface area contributed by atoms with Crippen LogP contribution in [0.1, 0.15) is 16.8 Å². The number of benzene rings is 2. The molecule has 0 fully saturated rings. The zero-order valence-corrected chi connectivity index (χ0v) is 15.5. The molecule has 0 aliphatic heterocycles. The number of hydrogen-bond donors (Lipinski definition) is 2. The first kappa shape index (κ1) is 18.5. The minimum absolute atomic E-state index is 0.0133. The van der Waals surface area contributed by atoms with E-state index in [-0.39, 0.29) is 16.5 Å². The van der Waals surface area contributed by atoms with Gasteiger partial charge in [0.2, 0.25) is 0 Å². The first-order valence-electron chi connectivity index (χ1n) is 8.09. The van der Waals surface area contributed by atoms with Gasteiger partial charge in [0.05, 0.1) is 10.7 Å². The van der Waals surface area contributed by atoms with Crippen molar-refractivity contribution >= 4 is 23.2 Å². The van der Waals surface area contributed by atoms with Crippen LogP contribution in [0, 0.1) is 0 Å². The highest BCUT2D eigenvalue weighted by Crippen LogP contribution is 2.32. The van der Waals surface area contributed by atoms with E-state index in [2.05, 4.69) is 9.88 Å².